The second-order valence-electron chi connectivity index (χ2n) is 4.46. The lowest BCUT2D eigenvalue weighted by atomic mass is 10.2. The summed E-state index contributed by atoms with van der Waals surface area (Å²) < 4.78 is 0. The number of nitrogens with one attached hydrogen (secondary N) is 1. The Morgan fingerprint density at radius 3 is 2.93 bits per heavy atom. The summed E-state index contributed by atoms with van der Waals surface area (Å²) in [4.78, 5) is 3.16. The number of aryl methyl sites for hydroxylation is 1. The predicted octanol–water partition coefficient (Wildman–Crippen LogP) is 3.41. The Hall–Kier alpha value is -0.340. The van der Waals surface area contributed by atoms with Crippen LogP contribution in [0, 0.1) is 5.92 Å². The predicted molar refractivity (Wildman–Crippen MR) is 67.7 cm³/mol. The Balaban J connectivity index is 1.77. The van der Waals surface area contributed by atoms with E-state index in [0.29, 0.717) is 0 Å². The zero-order chi connectivity index (χ0) is 10.7. The van der Waals surface area contributed by atoms with Crippen molar-refractivity contribution in [2.75, 3.05) is 13.1 Å². The fraction of sp³-hybridized carbons (Fsp3) is 0.692. The number of rotatable bonds is 6. The van der Waals surface area contributed by atoms with Crippen LogP contribution in [0.4, 0.5) is 0 Å². The van der Waals surface area contributed by atoms with Crippen LogP contribution in [0.2, 0.25) is 0 Å². The Morgan fingerprint density at radius 2 is 2.27 bits per heavy atom. The van der Waals surface area contributed by atoms with E-state index >= 15 is 0 Å². The summed E-state index contributed by atoms with van der Waals surface area (Å²) in [6.45, 7) is 6.86. The van der Waals surface area contributed by atoms with Gasteiger partial charge in [-0.1, -0.05) is 13.8 Å². The maximum absolute atomic E-state index is 3.52. The Labute approximate surface area is 96.9 Å². The average molecular weight is 223 g/mol. The van der Waals surface area contributed by atoms with Crippen molar-refractivity contribution in [2.24, 2.45) is 5.92 Å². The normalized spacial score (nSPS) is 24.4. The van der Waals surface area contributed by atoms with Crippen molar-refractivity contribution in [2.45, 2.75) is 39.0 Å². The zero-order valence-electron chi connectivity index (χ0n) is 9.75. The molecule has 84 valence electrons. The Bertz CT molecular complexity index is 305. The topological polar surface area (TPSA) is 12.0 Å². The van der Waals surface area contributed by atoms with Gasteiger partial charge < -0.3 is 5.32 Å². The molecule has 2 rings (SSSR count). The van der Waals surface area contributed by atoms with Crippen LogP contribution in [0.1, 0.15) is 42.4 Å². The van der Waals surface area contributed by atoms with Crippen LogP contribution >= 0.6 is 11.3 Å². The first-order chi connectivity index (χ1) is 7.35. The van der Waals surface area contributed by atoms with Gasteiger partial charge in [-0.2, -0.15) is 0 Å². The quantitative estimate of drug-likeness (QED) is 0.729. The van der Waals surface area contributed by atoms with E-state index in [-0.39, 0.29) is 0 Å². The lowest BCUT2D eigenvalue weighted by Crippen LogP contribution is -2.17. The van der Waals surface area contributed by atoms with Crippen LogP contribution in [-0.2, 0) is 6.42 Å². The van der Waals surface area contributed by atoms with Crippen LogP contribution in [0.5, 0.6) is 0 Å². The fourth-order valence-electron chi connectivity index (χ4n) is 2.07. The van der Waals surface area contributed by atoms with Crippen molar-refractivity contribution < 1.29 is 0 Å². The molecular formula is C13H21NS. The zero-order valence-corrected chi connectivity index (χ0v) is 10.6. The molecule has 2 heteroatoms. The Morgan fingerprint density at radius 1 is 1.40 bits per heavy atom. The van der Waals surface area contributed by atoms with E-state index in [2.05, 4.69) is 31.3 Å². The van der Waals surface area contributed by atoms with E-state index < -0.39 is 0 Å². The summed E-state index contributed by atoms with van der Waals surface area (Å²) in [5.41, 5.74) is 0. The summed E-state index contributed by atoms with van der Waals surface area (Å²) in [5, 5.41) is 3.52. The smallest absolute Gasteiger partial charge is 0.00825 e. The first-order valence-corrected chi connectivity index (χ1v) is 6.96. The molecule has 1 saturated carbocycles. The van der Waals surface area contributed by atoms with Gasteiger partial charge >= 0.3 is 0 Å². The molecule has 1 fully saturated rings. The van der Waals surface area contributed by atoms with Crippen molar-refractivity contribution in [3.05, 3.63) is 21.9 Å². The molecule has 0 aliphatic heterocycles. The van der Waals surface area contributed by atoms with Crippen LogP contribution in [0.25, 0.3) is 0 Å². The van der Waals surface area contributed by atoms with Crippen molar-refractivity contribution in [3.63, 3.8) is 0 Å². The average Bonchev–Trinajstić information content (AvgIpc) is 2.87. The molecule has 1 aliphatic carbocycles. The van der Waals surface area contributed by atoms with Crippen molar-refractivity contribution in [1.82, 2.24) is 5.32 Å². The molecule has 0 bridgehead atoms. The van der Waals surface area contributed by atoms with Crippen molar-refractivity contribution >= 4 is 11.3 Å². The van der Waals surface area contributed by atoms with Crippen molar-refractivity contribution in [3.8, 4) is 0 Å². The molecule has 0 radical (unpaired) electrons. The molecule has 2 unspecified atom stereocenters. The second kappa shape index (κ2) is 5.13. The lowest BCUT2D eigenvalue weighted by Gasteiger charge is -2.00. The Kier molecular flexibility index (Phi) is 3.81. The molecule has 0 amide bonds. The summed E-state index contributed by atoms with van der Waals surface area (Å²) in [7, 11) is 0. The molecule has 0 aromatic carbocycles. The summed E-state index contributed by atoms with van der Waals surface area (Å²) in [6.07, 6.45) is 3.84. The molecule has 1 nitrogen and oxygen atoms in total. The third-order valence-corrected chi connectivity index (χ3v) is 4.51. The highest BCUT2D eigenvalue weighted by atomic mass is 32.1. The summed E-state index contributed by atoms with van der Waals surface area (Å²) in [6, 6.07) is 4.64. The molecule has 2 atom stereocenters. The molecule has 1 aromatic heterocycles. The third-order valence-electron chi connectivity index (χ3n) is 3.15. The van der Waals surface area contributed by atoms with Gasteiger partial charge in [0.1, 0.15) is 0 Å². The SMILES string of the molecule is CCCNCC1CC1c1ccc(CC)s1. The first kappa shape index (κ1) is 11.2. The van der Waals surface area contributed by atoms with Gasteiger partial charge in [-0.15, -0.1) is 11.3 Å². The third kappa shape index (κ3) is 2.82. The van der Waals surface area contributed by atoms with E-state index in [1.54, 1.807) is 4.88 Å². The largest absolute Gasteiger partial charge is 0.316 e. The lowest BCUT2D eigenvalue weighted by molar-refractivity contribution is 0.621. The van der Waals surface area contributed by atoms with Gasteiger partial charge in [-0.05, 0) is 56.3 Å². The van der Waals surface area contributed by atoms with Gasteiger partial charge in [0.05, 0.1) is 0 Å². The van der Waals surface area contributed by atoms with Gasteiger partial charge in [-0.3, -0.25) is 0 Å². The van der Waals surface area contributed by atoms with Crippen LogP contribution < -0.4 is 5.32 Å². The fourth-order valence-corrected chi connectivity index (χ4v) is 3.23. The van der Waals surface area contributed by atoms with E-state index in [0.717, 1.165) is 11.8 Å². The van der Waals surface area contributed by atoms with E-state index in [1.165, 1.54) is 37.2 Å². The second-order valence-corrected chi connectivity index (χ2v) is 5.66. The minimum atomic E-state index is 0.875. The highest BCUT2D eigenvalue weighted by Crippen LogP contribution is 2.49. The molecule has 15 heavy (non-hydrogen) atoms. The monoisotopic (exact) mass is 223 g/mol. The van der Waals surface area contributed by atoms with Gasteiger partial charge in [-0.25, -0.2) is 0 Å². The molecular weight excluding hydrogens is 202 g/mol. The summed E-state index contributed by atoms with van der Waals surface area (Å²) >= 11 is 2.02. The van der Waals surface area contributed by atoms with Crippen molar-refractivity contribution in [1.29, 1.82) is 0 Å². The molecule has 1 aromatic rings. The minimum absolute atomic E-state index is 0.875. The molecule has 0 spiro atoms. The van der Waals surface area contributed by atoms with Gasteiger partial charge in [0, 0.05) is 9.75 Å². The van der Waals surface area contributed by atoms with E-state index in [4.69, 9.17) is 0 Å². The van der Waals surface area contributed by atoms with Gasteiger partial charge in [0.15, 0.2) is 0 Å². The molecule has 0 saturated heterocycles. The number of hydrogen-bond donors (Lipinski definition) is 1. The van der Waals surface area contributed by atoms with Crippen LogP contribution in [-0.4, -0.2) is 13.1 Å². The highest BCUT2D eigenvalue weighted by Gasteiger charge is 2.38. The summed E-state index contributed by atoms with van der Waals surface area (Å²) in [5.74, 6) is 1.79. The standard InChI is InChI=1S/C13H21NS/c1-3-7-14-9-10-8-12(10)13-6-5-11(4-2)15-13/h5-6,10,12,14H,3-4,7-9H2,1-2H3. The maximum Gasteiger partial charge on any atom is 0.00825 e. The van der Waals surface area contributed by atoms with Crippen LogP contribution in [0.3, 0.4) is 0 Å². The molecule has 1 N–H and O–H groups in total. The molecule has 1 heterocycles. The molecule has 1 aliphatic rings. The number of thiophene rings is 1. The maximum atomic E-state index is 3.52. The van der Waals surface area contributed by atoms with Gasteiger partial charge in [0.25, 0.3) is 0 Å². The van der Waals surface area contributed by atoms with E-state index in [9.17, 15) is 0 Å². The van der Waals surface area contributed by atoms with Gasteiger partial charge in [0.2, 0.25) is 0 Å². The first-order valence-electron chi connectivity index (χ1n) is 6.14. The minimum Gasteiger partial charge on any atom is -0.316 e. The van der Waals surface area contributed by atoms with E-state index in [1.807, 2.05) is 11.3 Å². The number of hydrogen-bond acceptors (Lipinski definition) is 2. The highest BCUT2D eigenvalue weighted by molar-refractivity contribution is 7.12. The van der Waals surface area contributed by atoms with Crippen LogP contribution in [0.15, 0.2) is 12.1 Å².